The highest BCUT2D eigenvalue weighted by Gasteiger charge is 2.50. The number of nitrogens with two attached hydrogens (primary N) is 1. The lowest BCUT2D eigenvalue weighted by Gasteiger charge is -2.50. The summed E-state index contributed by atoms with van der Waals surface area (Å²) in [5, 5.41) is 18.5. The van der Waals surface area contributed by atoms with Crippen molar-refractivity contribution in [3.05, 3.63) is 88.1 Å². The Morgan fingerprint density at radius 2 is 0.884 bits per heavy atom. The van der Waals surface area contributed by atoms with Gasteiger partial charge in [0.1, 0.15) is 58.7 Å². The van der Waals surface area contributed by atoms with Crippen LogP contribution >= 0.6 is 145 Å². The number of nitrogen functional groups attached to an aromatic ring is 1. The average molecular weight is 2540 g/mol. The monoisotopic (exact) mass is 2530 g/mol. The highest BCUT2D eigenvalue weighted by molar-refractivity contribution is 14.1. The number of hydrogen-bond donors (Lipinski definition) is 3. The van der Waals surface area contributed by atoms with Gasteiger partial charge in [-0.2, -0.15) is 5.26 Å². The number of aliphatic carboxylic acids is 1. The van der Waals surface area contributed by atoms with E-state index in [4.69, 9.17) is 89.2 Å². The molecule has 3 aromatic rings. The lowest BCUT2D eigenvalue weighted by molar-refractivity contribution is -0.168. The molecule has 4 N–H and O–H groups in total. The molecule has 7 rings (SSSR count). The summed E-state index contributed by atoms with van der Waals surface area (Å²) in [6.45, 7) is 72.2. The van der Waals surface area contributed by atoms with Gasteiger partial charge < -0.3 is 30.1 Å². The van der Waals surface area contributed by atoms with E-state index in [0.717, 1.165) is 124 Å². The standard InChI is InChI=1S/C23H40N2O2.C18H31NO2.C13H13NO3.C10H19ClO.C9H16Cl2O.C9H17ClO2.C9H6O2.C7H14O.C5H10O.C3H6BrCl.C3H9ISi.C3H6O.Br2.Cl2OS/c1-13(2)15-12-25-20(24)18(15)21(26)27-19-16(22(4,5)6)10-14(3)11-17(19)23(7,8)9;1-12-10-13(17(2,3)4)16(21-15(20)8-9-19)14(11-12)18(5,6)7;1-8(2)11(15)7-14-12(16)9-5-3-4-6-10(9)13(14)17;1-4-10(5-2,9(3)12)7-6-8-11;2*1-3-9(4-2,8(11)12)6-5-7-10;10-8-5-9(11)7-4-2-1-3-6(7)8;1-4-7(5-2)6(3)8;1-4(2)5(3)6;4-2-1-3-5;1-5(2,3)4;1-3(2)4;1-2;1-4(2)3/h12-14,16-17,19,25H,10-11,24H2,1-9H3;12-14,16H,8,10-11H2,1-7H3;3-6,8H,7H2,1-2H3;4-8H2,1-3H3;3-7H2,1-2H3;3-7H2,1-2H3,(H,11,12);1-4H,5H2;7H,4-5H2,1-3H3;4H,1-3H3;1-3H2;1-3H3;1-2H3;;/i;;;;;;;;;;;1D;;. The third-order valence-corrected chi connectivity index (χ3v) is 28.6. The predicted molar refractivity (Wildman–Crippen MR) is 637 cm³/mol. The number of nitrogens with zero attached hydrogens (tertiary/aromatic N) is 2. The van der Waals surface area contributed by atoms with E-state index in [1.54, 1.807) is 83.1 Å². The van der Waals surface area contributed by atoms with Crippen LogP contribution in [0.4, 0.5) is 5.82 Å². The number of anilines is 1. The Kier molecular flexibility index (Phi) is 84.2. The maximum absolute atomic E-state index is 13.2. The van der Waals surface area contributed by atoms with Crippen LogP contribution in [0.2, 0.25) is 19.6 Å². The Balaban J connectivity index is -0.000000299. The quantitative estimate of drug-likeness (QED) is 0.00764. The number of rotatable bonds is 32. The molecule has 2 aromatic carbocycles. The molecule has 4 atom stereocenters. The number of amides is 2. The summed E-state index contributed by atoms with van der Waals surface area (Å²) < 4.78 is 27.5. The third kappa shape index (κ3) is 63.5. The molecule has 1 aliphatic heterocycles. The second-order valence-electron chi connectivity index (χ2n) is 43.9. The zero-order chi connectivity index (χ0) is 117. The van der Waals surface area contributed by atoms with Crippen LogP contribution in [-0.2, 0) is 57.1 Å². The molecule has 146 heavy (non-hydrogen) atoms. The van der Waals surface area contributed by atoms with Crippen LogP contribution < -0.4 is 5.73 Å². The van der Waals surface area contributed by atoms with Gasteiger partial charge in [0, 0.05) is 149 Å². The van der Waals surface area contributed by atoms with Crippen LogP contribution in [0.5, 0.6) is 0 Å². The molecule has 0 spiro atoms. The highest BCUT2D eigenvalue weighted by atomic mass is 127. The number of carbonyl (C=O) groups excluding carboxylic acids is 12. The minimum Gasteiger partial charge on any atom is -0.481 e. The smallest absolute Gasteiger partial charge is 0.342 e. The summed E-state index contributed by atoms with van der Waals surface area (Å²) in [6, 6.07) is 15.5. The highest BCUT2D eigenvalue weighted by Crippen LogP contribution is 2.52. The molecule has 1 aromatic heterocycles. The van der Waals surface area contributed by atoms with Crippen molar-refractivity contribution in [1.82, 2.24) is 9.88 Å². The SMILES string of the molecule is BrBr.CC(=O)C(C)C.CC(C)C(=O)CN1C(=O)c2ccccc2C1=O.CC1CC(C(C)(C)C)C(OC(=O)CC#N)C(C(C)(C)C)C1.CC1CC(C(C)(C)C)C(OC(=O)c2c(C(C)C)c[nH]c2N)C(C(C)(C)C)C1.CCC(CC)(CCCCl)C(=O)Cl.CCC(CC)(CCCCl)C(=O)O.CCC(CC)(CCCCl)C(C)=O.CCC(CC)C(C)=O.C[Si](C)(C)I.ClCCCBr.O=C1CC(=O)c2ccccc21.O=S(Cl)Cl.[2H]CC(C)=O. The lowest BCUT2D eigenvalue weighted by Crippen LogP contribution is -2.49. The van der Waals surface area contributed by atoms with E-state index in [2.05, 4.69) is 250 Å². The molecular weight excluding hydrogens is 2350 g/mol. The number of imide groups is 1. The largest absolute Gasteiger partial charge is 0.481 e. The van der Waals surface area contributed by atoms with Gasteiger partial charge in [0.2, 0.25) is 14.5 Å². The number of nitrogens with one attached hydrogen (secondary N) is 1. The molecule has 2 heterocycles. The molecule has 0 bridgehead atoms. The number of benzene rings is 2. The first kappa shape index (κ1) is 153. The van der Waals surface area contributed by atoms with E-state index in [1.807, 2.05) is 53.8 Å². The van der Waals surface area contributed by atoms with Crippen molar-refractivity contribution in [2.24, 2.45) is 91.2 Å². The van der Waals surface area contributed by atoms with Crippen molar-refractivity contribution in [3.8, 4) is 6.07 Å². The van der Waals surface area contributed by atoms with Crippen molar-refractivity contribution in [2.45, 2.75) is 401 Å². The number of carboxylic acid groups (broad SMARTS) is 1. The first-order chi connectivity index (χ1) is 67.7. The first-order valence-electron chi connectivity index (χ1n) is 51.9. The van der Waals surface area contributed by atoms with Crippen molar-refractivity contribution >= 4 is 241 Å². The number of ether oxygens (including phenoxy) is 2. The van der Waals surface area contributed by atoms with Crippen LogP contribution in [0.1, 0.15) is 428 Å². The summed E-state index contributed by atoms with van der Waals surface area (Å²) in [5.41, 5.74) is 8.22. The summed E-state index contributed by atoms with van der Waals surface area (Å²) in [4.78, 5) is 151. The van der Waals surface area contributed by atoms with Crippen molar-refractivity contribution < 1.29 is 82.5 Å². The van der Waals surface area contributed by atoms with Crippen molar-refractivity contribution in [1.29, 1.82) is 5.26 Å². The van der Waals surface area contributed by atoms with Crippen LogP contribution in [0.25, 0.3) is 0 Å². The number of alkyl halides is 5. The van der Waals surface area contributed by atoms with Crippen LogP contribution in [-0.4, -0.2) is 148 Å². The second kappa shape index (κ2) is 80.3. The topological polar surface area (TPSA) is 347 Å². The normalized spacial score (nSPS) is 17.3. The van der Waals surface area contributed by atoms with E-state index in [0.29, 0.717) is 124 Å². The molecule has 844 valence electrons. The maximum Gasteiger partial charge on any atom is 0.342 e. The molecule has 2 amide bonds. The number of carboxylic acids is 1. The lowest BCUT2D eigenvalue weighted by atomic mass is 9.59. The Hall–Kier alpha value is -3.51. The van der Waals surface area contributed by atoms with Gasteiger partial charge in [-0.15, -0.1) is 68.2 Å². The number of ketones is 7. The van der Waals surface area contributed by atoms with Crippen LogP contribution in [0.3, 0.4) is 0 Å². The Labute approximate surface area is 957 Å². The van der Waals surface area contributed by atoms with E-state index < -0.39 is 26.2 Å². The fourth-order valence-electron chi connectivity index (χ4n) is 16.7. The average Bonchev–Trinajstić information content (AvgIpc) is 1.39. The fourth-order valence-corrected chi connectivity index (χ4v) is 18.2. The van der Waals surface area contributed by atoms with Crippen molar-refractivity contribution in [2.75, 3.05) is 41.1 Å². The molecule has 3 aliphatic carbocycles. The minimum absolute atomic E-state index is 0.0504. The van der Waals surface area contributed by atoms with E-state index in [-0.39, 0.29) is 147 Å². The van der Waals surface area contributed by atoms with Gasteiger partial charge in [-0.25, -0.2) is 9.00 Å². The number of nitriles is 1. The van der Waals surface area contributed by atoms with Gasteiger partial charge in [-0.3, -0.25) is 57.6 Å². The van der Waals surface area contributed by atoms with Gasteiger partial charge in [0.25, 0.3) is 11.8 Å². The summed E-state index contributed by atoms with van der Waals surface area (Å²) in [5.74, 6) is 4.70. The number of aromatic amines is 1. The zero-order valence-electron chi connectivity index (χ0n) is 95.9. The molecule has 2 saturated carbocycles. The summed E-state index contributed by atoms with van der Waals surface area (Å²) in [6.07, 6.45) is 18.9. The first-order valence-corrected chi connectivity index (χ1v) is 67.9. The summed E-state index contributed by atoms with van der Waals surface area (Å²) >= 11 is 38.8. The summed E-state index contributed by atoms with van der Waals surface area (Å²) in [7, 11) is 7.36. The van der Waals surface area contributed by atoms with Gasteiger partial charge in [-0.1, -0.05) is 266 Å². The molecule has 4 unspecified atom stereocenters. The number of fused-ring (bicyclic) bond motifs is 2. The second-order valence-corrected chi connectivity index (χ2v) is 62.9. The minimum atomic E-state index is -1.67. The number of Topliss-reactive ketones (excluding diaryl/α,β-unsaturated/α-hetero) is 7. The van der Waals surface area contributed by atoms with Crippen LogP contribution in [0, 0.1) is 102 Å². The Morgan fingerprint density at radius 1 is 0.575 bits per heavy atom. The number of aromatic nitrogens is 1. The van der Waals surface area contributed by atoms with E-state index >= 15 is 0 Å². The number of esters is 2. The van der Waals surface area contributed by atoms with E-state index in [9.17, 15) is 62.3 Å². The molecule has 21 nitrogen and oxygen atoms in total. The number of carbonyl (C=O) groups is 13. The Morgan fingerprint density at radius 3 is 1.11 bits per heavy atom. The van der Waals surface area contributed by atoms with E-state index in [1.165, 1.54) is 6.92 Å². The number of halogens is 11. The molecule has 4 aliphatic rings. The van der Waals surface area contributed by atoms with Gasteiger partial charge in [-0.05, 0) is 225 Å². The van der Waals surface area contributed by atoms with Gasteiger partial charge >= 0.3 is 17.9 Å². The molecule has 0 radical (unpaired) electrons. The Bertz CT molecular complexity index is 4210. The predicted octanol–water partition coefficient (Wildman–Crippen LogP) is 34.2. The number of H-pyrrole nitrogens is 1. The zero-order valence-corrected chi connectivity index (χ0v) is 109. The number of hydrogen-bond acceptors (Lipinski definition) is 18. The fraction of sp³-hybridized carbons (Fsp3) is 0.732. The van der Waals surface area contributed by atoms with Crippen molar-refractivity contribution in [3.63, 3.8) is 0 Å². The maximum atomic E-state index is 13.2. The molecule has 2 fully saturated rings. The molecular formula is C112H187Br3Cl7IN4O17SSi. The molecule has 34 heteroatoms. The van der Waals surface area contributed by atoms with Crippen LogP contribution in [0.15, 0.2) is 54.7 Å². The van der Waals surface area contributed by atoms with Gasteiger partial charge in [0.05, 0.1) is 35.6 Å². The van der Waals surface area contributed by atoms with Gasteiger partial charge in [0.15, 0.2) is 17.3 Å². The third-order valence-electron chi connectivity index (χ3n) is 26.5. The molecule has 0 saturated heterocycles.